The van der Waals surface area contributed by atoms with Crippen LogP contribution in [0.4, 0.5) is 0 Å². The Hall–Kier alpha value is -1.15. The van der Waals surface area contributed by atoms with Crippen LogP contribution in [0, 0.1) is 5.92 Å². The molecule has 144 valence electrons. The molecule has 0 spiro atoms. The Morgan fingerprint density at radius 3 is 2.12 bits per heavy atom. The molecule has 0 aromatic heterocycles. The number of nitrogens with two attached hydrogens (primary N) is 1. The van der Waals surface area contributed by atoms with E-state index < -0.39 is 15.6 Å². The number of carbonyl (C=O) groups excluding carboxylic acids is 1. The quantitative estimate of drug-likeness (QED) is 0.601. The van der Waals surface area contributed by atoms with Crippen molar-refractivity contribution < 1.29 is 13.2 Å². The van der Waals surface area contributed by atoms with E-state index >= 15 is 0 Å². The molecule has 0 aliphatic carbocycles. The van der Waals surface area contributed by atoms with Crippen LogP contribution in [-0.4, -0.2) is 33.0 Å². The number of carbonyl (C=O) groups is 1. The van der Waals surface area contributed by atoms with Gasteiger partial charge in [-0.05, 0) is 43.0 Å². The molecule has 6 nitrogen and oxygen atoms in total. The van der Waals surface area contributed by atoms with E-state index in [1.54, 1.807) is 0 Å². The summed E-state index contributed by atoms with van der Waals surface area (Å²) in [5.41, 5.74) is 6.15. The van der Waals surface area contributed by atoms with Crippen LogP contribution in [0.3, 0.4) is 0 Å². The standard InChI is InChI=1S/C17H29N3O3S.ClH/c1-5-17(18,6-2)12-19-16(21)14-7-9-15(10-8-14)24(22,23)20-11-13(3)4;/h7-10,13,20H,5-6,11-12,18H2,1-4H3,(H,19,21);1H. The molecule has 0 unspecified atom stereocenters. The van der Waals surface area contributed by atoms with Crippen molar-refractivity contribution in [3.05, 3.63) is 29.8 Å². The van der Waals surface area contributed by atoms with Crippen molar-refractivity contribution in [3.8, 4) is 0 Å². The van der Waals surface area contributed by atoms with Crippen LogP contribution >= 0.6 is 12.4 Å². The number of halogens is 1. The van der Waals surface area contributed by atoms with Crippen molar-refractivity contribution in [2.24, 2.45) is 11.7 Å². The van der Waals surface area contributed by atoms with Gasteiger partial charge in [-0.3, -0.25) is 4.79 Å². The zero-order chi connectivity index (χ0) is 18.4. The van der Waals surface area contributed by atoms with Crippen LogP contribution in [-0.2, 0) is 10.0 Å². The molecule has 4 N–H and O–H groups in total. The Kier molecular flexibility index (Phi) is 9.64. The Bertz CT molecular complexity index is 642. The second-order valence-electron chi connectivity index (χ2n) is 6.52. The van der Waals surface area contributed by atoms with Gasteiger partial charge in [0.25, 0.3) is 5.91 Å². The number of sulfonamides is 1. The molecule has 8 heteroatoms. The number of benzene rings is 1. The van der Waals surface area contributed by atoms with E-state index in [-0.39, 0.29) is 29.1 Å². The molecule has 0 atom stereocenters. The van der Waals surface area contributed by atoms with E-state index in [9.17, 15) is 13.2 Å². The molecule has 1 aromatic carbocycles. The third-order valence-corrected chi connectivity index (χ3v) is 5.56. The van der Waals surface area contributed by atoms with E-state index in [2.05, 4.69) is 10.0 Å². The fourth-order valence-corrected chi connectivity index (χ4v) is 3.22. The van der Waals surface area contributed by atoms with Gasteiger partial charge in [0.1, 0.15) is 0 Å². The lowest BCUT2D eigenvalue weighted by Gasteiger charge is -2.26. The fraction of sp³-hybridized carbons (Fsp3) is 0.588. The summed E-state index contributed by atoms with van der Waals surface area (Å²) < 4.78 is 26.8. The Morgan fingerprint density at radius 1 is 1.16 bits per heavy atom. The number of hydrogen-bond donors (Lipinski definition) is 3. The predicted octanol–water partition coefficient (Wildman–Crippen LogP) is 2.29. The summed E-state index contributed by atoms with van der Waals surface area (Å²) in [6.45, 7) is 8.59. The summed E-state index contributed by atoms with van der Waals surface area (Å²) in [7, 11) is -3.54. The number of amides is 1. The largest absolute Gasteiger partial charge is 0.350 e. The van der Waals surface area contributed by atoms with Crippen LogP contribution in [0.5, 0.6) is 0 Å². The van der Waals surface area contributed by atoms with E-state index in [0.717, 1.165) is 12.8 Å². The van der Waals surface area contributed by atoms with Gasteiger partial charge in [0.15, 0.2) is 0 Å². The number of nitrogens with one attached hydrogen (secondary N) is 2. The van der Waals surface area contributed by atoms with Gasteiger partial charge < -0.3 is 11.1 Å². The SMILES string of the molecule is CCC(N)(CC)CNC(=O)c1ccc(S(=O)(=O)NCC(C)C)cc1.Cl. The number of rotatable bonds is 9. The summed E-state index contributed by atoms with van der Waals surface area (Å²) in [5, 5.41) is 2.81. The average molecular weight is 392 g/mol. The minimum absolute atomic E-state index is 0. The van der Waals surface area contributed by atoms with Crippen molar-refractivity contribution in [2.45, 2.75) is 51.0 Å². The minimum atomic E-state index is -3.54. The van der Waals surface area contributed by atoms with Gasteiger partial charge >= 0.3 is 0 Å². The van der Waals surface area contributed by atoms with Crippen molar-refractivity contribution in [1.82, 2.24) is 10.0 Å². The lowest BCUT2D eigenvalue weighted by Crippen LogP contribution is -2.49. The smallest absolute Gasteiger partial charge is 0.251 e. The molecular weight excluding hydrogens is 362 g/mol. The summed E-state index contributed by atoms with van der Waals surface area (Å²) >= 11 is 0. The van der Waals surface area contributed by atoms with Gasteiger partial charge in [0.05, 0.1) is 4.90 Å². The molecule has 1 aromatic rings. The second-order valence-corrected chi connectivity index (χ2v) is 8.29. The third-order valence-electron chi connectivity index (χ3n) is 4.12. The first-order valence-electron chi connectivity index (χ1n) is 8.30. The zero-order valence-corrected chi connectivity index (χ0v) is 17.0. The average Bonchev–Trinajstić information content (AvgIpc) is 2.57. The molecule has 25 heavy (non-hydrogen) atoms. The van der Waals surface area contributed by atoms with E-state index in [1.807, 2.05) is 27.7 Å². The summed E-state index contributed by atoms with van der Waals surface area (Å²) in [6, 6.07) is 5.89. The van der Waals surface area contributed by atoms with Crippen molar-refractivity contribution in [2.75, 3.05) is 13.1 Å². The minimum Gasteiger partial charge on any atom is -0.350 e. The molecule has 1 amide bonds. The van der Waals surface area contributed by atoms with Crippen LogP contribution < -0.4 is 15.8 Å². The maximum Gasteiger partial charge on any atom is 0.251 e. The topological polar surface area (TPSA) is 101 Å². The third kappa shape index (κ3) is 7.32. The Balaban J connectivity index is 0.00000576. The molecule has 0 aliphatic rings. The molecule has 0 heterocycles. The first kappa shape index (κ1) is 23.9. The molecular formula is C17H30ClN3O3S. The van der Waals surface area contributed by atoms with Gasteiger partial charge in [-0.15, -0.1) is 12.4 Å². The molecule has 0 radical (unpaired) electrons. The van der Waals surface area contributed by atoms with Crippen molar-refractivity contribution in [1.29, 1.82) is 0 Å². The highest BCUT2D eigenvalue weighted by atomic mass is 35.5. The van der Waals surface area contributed by atoms with E-state index in [4.69, 9.17) is 5.73 Å². The summed E-state index contributed by atoms with van der Waals surface area (Å²) in [5.74, 6) is -0.0377. The zero-order valence-electron chi connectivity index (χ0n) is 15.3. The molecule has 0 fully saturated rings. The summed E-state index contributed by atoms with van der Waals surface area (Å²) in [4.78, 5) is 12.3. The van der Waals surface area contributed by atoms with Gasteiger partial charge in [0.2, 0.25) is 10.0 Å². The van der Waals surface area contributed by atoms with E-state index in [0.29, 0.717) is 18.7 Å². The predicted molar refractivity (Wildman–Crippen MR) is 104 cm³/mol. The number of hydrogen-bond acceptors (Lipinski definition) is 4. The maximum absolute atomic E-state index is 12.2. The van der Waals surface area contributed by atoms with Gasteiger partial charge in [-0.1, -0.05) is 27.7 Å². The first-order chi connectivity index (χ1) is 11.1. The van der Waals surface area contributed by atoms with Gasteiger partial charge in [0, 0.05) is 24.2 Å². The fourth-order valence-electron chi connectivity index (χ4n) is 2.00. The van der Waals surface area contributed by atoms with Crippen molar-refractivity contribution in [3.63, 3.8) is 0 Å². The maximum atomic E-state index is 12.2. The lowest BCUT2D eigenvalue weighted by atomic mass is 9.94. The van der Waals surface area contributed by atoms with Gasteiger partial charge in [-0.25, -0.2) is 13.1 Å². The van der Waals surface area contributed by atoms with Crippen LogP contribution in [0.15, 0.2) is 29.2 Å². The van der Waals surface area contributed by atoms with Crippen LogP contribution in [0.2, 0.25) is 0 Å². The lowest BCUT2D eigenvalue weighted by molar-refractivity contribution is 0.0942. The Labute approximate surface area is 157 Å². The molecule has 1 rings (SSSR count). The Morgan fingerprint density at radius 2 is 1.68 bits per heavy atom. The van der Waals surface area contributed by atoms with Crippen LogP contribution in [0.25, 0.3) is 0 Å². The molecule has 0 saturated carbocycles. The summed E-state index contributed by atoms with van der Waals surface area (Å²) in [6.07, 6.45) is 1.53. The molecule has 0 aliphatic heterocycles. The monoisotopic (exact) mass is 391 g/mol. The van der Waals surface area contributed by atoms with Gasteiger partial charge in [-0.2, -0.15) is 0 Å². The second kappa shape index (κ2) is 10.1. The highest BCUT2D eigenvalue weighted by Gasteiger charge is 2.21. The highest BCUT2D eigenvalue weighted by molar-refractivity contribution is 7.89. The van der Waals surface area contributed by atoms with E-state index in [1.165, 1.54) is 24.3 Å². The van der Waals surface area contributed by atoms with Crippen molar-refractivity contribution >= 4 is 28.3 Å². The molecule has 0 bridgehead atoms. The molecule has 0 saturated heterocycles. The van der Waals surface area contributed by atoms with Crippen LogP contribution in [0.1, 0.15) is 50.9 Å². The highest BCUT2D eigenvalue weighted by Crippen LogP contribution is 2.12. The first-order valence-corrected chi connectivity index (χ1v) is 9.78. The normalized spacial score (nSPS) is 11.9.